The van der Waals surface area contributed by atoms with Crippen LogP contribution in [0.25, 0.3) is 6.08 Å². The second-order valence-corrected chi connectivity index (χ2v) is 5.64. The molecular weight excluding hydrogens is 361 g/mol. The first kappa shape index (κ1) is 14.7. The van der Waals surface area contributed by atoms with Crippen LogP contribution >= 0.6 is 0 Å². The van der Waals surface area contributed by atoms with Gasteiger partial charge in [-0.05, 0) is 0 Å². The van der Waals surface area contributed by atoms with Crippen LogP contribution in [0.4, 0.5) is 0 Å². The maximum absolute atomic E-state index is 2.39. The first-order valence-electron chi connectivity index (χ1n) is 4.85. The van der Waals surface area contributed by atoms with E-state index in [0.29, 0.717) is 0 Å². The first-order chi connectivity index (χ1) is 6.33. The van der Waals surface area contributed by atoms with E-state index in [1.54, 1.807) is 8.89 Å². The molecule has 1 unspecified atom stereocenters. The number of benzene rings is 1. The summed E-state index contributed by atoms with van der Waals surface area (Å²) in [6, 6.07) is 8.83. The summed E-state index contributed by atoms with van der Waals surface area (Å²) in [6.07, 6.45) is 5.01. The third kappa shape index (κ3) is 2.83. The number of halogens is 2. The van der Waals surface area contributed by atoms with Crippen LogP contribution in [0.2, 0.25) is 0 Å². The average Bonchev–Trinajstić information content (AvgIpc) is 2.44. The van der Waals surface area contributed by atoms with E-state index in [1.165, 1.54) is 42.8 Å². The van der Waals surface area contributed by atoms with E-state index in [9.17, 15) is 0 Å². The second-order valence-electron chi connectivity index (χ2n) is 3.57. The molecule has 0 fully saturated rings. The molecule has 15 heavy (non-hydrogen) atoms. The molecule has 0 spiro atoms. The molecule has 3 heteroatoms. The molecule has 1 aliphatic rings. The van der Waals surface area contributed by atoms with Crippen LogP contribution in [-0.2, 0) is 24.4 Å². The topological polar surface area (TPSA) is 0 Å². The van der Waals surface area contributed by atoms with Gasteiger partial charge >= 0.3 is 94.9 Å². The summed E-state index contributed by atoms with van der Waals surface area (Å²) in [4.78, 5) is 0. The Kier molecular flexibility index (Phi) is 6.18. The molecule has 2 rings (SSSR count). The molecule has 0 nitrogen and oxygen atoms in total. The van der Waals surface area contributed by atoms with Crippen LogP contribution in [0, 0.1) is 0 Å². The van der Waals surface area contributed by atoms with Gasteiger partial charge in [-0.2, -0.15) is 0 Å². The minimum Gasteiger partial charge on any atom is -1.00 e. The molecule has 0 bridgehead atoms. The summed E-state index contributed by atoms with van der Waals surface area (Å²) >= 11 is 1.22. The molecule has 0 heterocycles. The molecule has 0 aromatic heterocycles. The first-order valence-corrected chi connectivity index (χ1v) is 6.64. The van der Waals surface area contributed by atoms with Crippen molar-refractivity contribution >= 4 is 6.08 Å². The van der Waals surface area contributed by atoms with Crippen LogP contribution in [0.1, 0.15) is 36.8 Å². The van der Waals surface area contributed by atoms with Crippen molar-refractivity contribution in [2.75, 3.05) is 0 Å². The SMILES string of the molecule is CCCC1[C]([Hf+2])=Cc2ccccc21.[F-].[F-]. The Hall–Kier alpha value is -0.310. The monoisotopic (exact) mass is 375 g/mol. The van der Waals surface area contributed by atoms with Gasteiger partial charge in [0.2, 0.25) is 0 Å². The molecule has 79 valence electrons. The fourth-order valence-corrected chi connectivity index (χ4v) is 3.63. The Bertz CT molecular complexity index is 347. The fraction of sp³-hybridized carbons (Fsp3) is 0.333. The Morgan fingerprint density at radius 3 is 2.53 bits per heavy atom. The van der Waals surface area contributed by atoms with E-state index < -0.39 is 0 Å². The zero-order valence-electron chi connectivity index (χ0n) is 8.63. The van der Waals surface area contributed by atoms with Crippen molar-refractivity contribution in [1.29, 1.82) is 0 Å². The third-order valence-electron chi connectivity index (χ3n) is 2.64. The second kappa shape index (κ2) is 6.31. The van der Waals surface area contributed by atoms with Crippen LogP contribution in [0.3, 0.4) is 0 Å². The van der Waals surface area contributed by atoms with Crippen molar-refractivity contribution in [1.82, 2.24) is 0 Å². The van der Waals surface area contributed by atoms with E-state index in [0.717, 1.165) is 5.92 Å². The maximum Gasteiger partial charge on any atom is -1.00 e. The predicted molar refractivity (Wildman–Crippen MR) is 52.1 cm³/mol. The molecule has 0 amide bonds. The van der Waals surface area contributed by atoms with Crippen molar-refractivity contribution in [3.05, 3.63) is 38.7 Å². The zero-order valence-corrected chi connectivity index (χ0v) is 12.2. The minimum absolute atomic E-state index is 0. The van der Waals surface area contributed by atoms with Gasteiger partial charge in [0.25, 0.3) is 0 Å². The van der Waals surface area contributed by atoms with Gasteiger partial charge < -0.3 is 9.41 Å². The molecule has 1 aliphatic carbocycles. The van der Waals surface area contributed by atoms with E-state index in [-0.39, 0.29) is 9.41 Å². The maximum atomic E-state index is 2.39. The Labute approximate surface area is 104 Å². The number of fused-ring (bicyclic) bond motifs is 1. The molecule has 1 aromatic carbocycles. The third-order valence-corrected chi connectivity index (χ3v) is 4.41. The van der Waals surface area contributed by atoms with Crippen molar-refractivity contribution in [3.63, 3.8) is 0 Å². The molecule has 1 aromatic rings. The van der Waals surface area contributed by atoms with Gasteiger partial charge in [0.1, 0.15) is 0 Å². The van der Waals surface area contributed by atoms with Gasteiger partial charge in [-0.25, -0.2) is 0 Å². The minimum atomic E-state index is 0. The molecule has 0 aliphatic heterocycles. The van der Waals surface area contributed by atoms with Crippen LogP contribution in [0.5, 0.6) is 0 Å². The predicted octanol–water partition coefficient (Wildman–Crippen LogP) is -2.52. The molecule has 1 atom stereocenters. The van der Waals surface area contributed by atoms with Crippen LogP contribution in [-0.4, -0.2) is 0 Å². The zero-order chi connectivity index (χ0) is 9.26. The van der Waals surface area contributed by atoms with E-state index in [4.69, 9.17) is 0 Å². The largest absolute Gasteiger partial charge is 1.00 e. The van der Waals surface area contributed by atoms with Crippen LogP contribution in [0.15, 0.2) is 27.6 Å². The van der Waals surface area contributed by atoms with E-state index in [1.807, 2.05) is 0 Å². The van der Waals surface area contributed by atoms with Crippen molar-refractivity contribution in [2.24, 2.45) is 0 Å². The molecule has 0 radical (unpaired) electrons. The number of hydrogen-bond acceptors (Lipinski definition) is 0. The van der Waals surface area contributed by atoms with Crippen molar-refractivity contribution in [3.8, 4) is 0 Å². The number of hydrogen-bond donors (Lipinski definition) is 0. The summed E-state index contributed by atoms with van der Waals surface area (Å²) < 4.78 is 1.67. The Balaban J connectivity index is 0.000000980. The normalized spacial score (nSPS) is 17.3. The Morgan fingerprint density at radius 1 is 1.20 bits per heavy atom. The van der Waals surface area contributed by atoms with Crippen LogP contribution < -0.4 is 9.41 Å². The van der Waals surface area contributed by atoms with Crippen molar-refractivity contribution < 1.29 is 33.8 Å². The summed E-state index contributed by atoms with van der Waals surface area (Å²) in [5.74, 6) is 0.757. The van der Waals surface area contributed by atoms with Gasteiger partial charge in [-0.1, -0.05) is 0 Å². The number of allylic oxidation sites excluding steroid dienone is 1. The standard InChI is InChI=1S/C12H13.2FH.Hf/c1-2-5-10-8-9-11-6-3-4-7-12(10)11;;;/h3-4,6-7,9-10H,2,5H2,1H3;2*1H;/q;;;+2/p-2. The van der Waals surface area contributed by atoms with Crippen molar-refractivity contribution in [2.45, 2.75) is 25.7 Å². The quantitative estimate of drug-likeness (QED) is 0.502. The van der Waals surface area contributed by atoms with Gasteiger partial charge in [-0.15, -0.1) is 0 Å². The van der Waals surface area contributed by atoms with E-state index in [2.05, 4.69) is 37.3 Å². The summed E-state index contributed by atoms with van der Waals surface area (Å²) in [6.45, 7) is 2.27. The number of rotatable bonds is 2. The molecule has 0 saturated carbocycles. The molecule has 0 saturated heterocycles. The van der Waals surface area contributed by atoms with Gasteiger partial charge in [-0.3, -0.25) is 0 Å². The Morgan fingerprint density at radius 2 is 1.87 bits per heavy atom. The smallest absolute Gasteiger partial charge is 1.00 e. The summed E-state index contributed by atoms with van der Waals surface area (Å²) in [7, 11) is 0. The average molecular weight is 374 g/mol. The van der Waals surface area contributed by atoms with Gasteiger partial charge in [0.15, 0.2) is 0 Å². The fourth-order valence-electron chi connectivity index (χ4n) is 2.00. The molecular formula is C12H13F2Hf. The summed E-state index contributed by atoms with van der Waals surface area (Å²) in [5, 5.41) is 0. The van der Waals surface area contributed by atoms with Gasteiger partial charge in [0.05, 0.1) is 0 Å². The summed E-state index contributed by atoms with van der Waals surface area (Å²) in [5.41, 5.74) is 3.03. The van der Waals surface area contributed by atoms with E-state index >= 15 is 0 Å². The van der Waals surface area contributed by atoms with Gasteiger partial charge in [0, 0.05) is 0 Å². The molecule has 0 N–H and O–H groups in total.